The van der Waals surface area contributed by atoms with Crippen LogP contribution in [-0.2, 0) is 9.59 Å². The quantitative estimate of drug-likeness (QED) is 0.803. The van der Waals surface area contributed by atoms with Crippen LogP contribution in [0.25, 0.3) is 0 Å². The Morgan fingerprint density at radius 2 is 2.14 bits per heavy atom. The van der Waals surface area contributed by atoms with Crippen molar-refractivity contribution < 1.29 is 19.4 Å². The van der Waals surface area contributed by atoms with Gasteiger partial charge < -0.3 is 14.7 Å². The molecule has 0 aromatic heterocycles. The molecule has 1 saturated heterocycles. The fraction of sp³-hybridized carbons (Fsp3) is 0.467. The van der Waals surface area contributed by atoms with E-state index in [0.717, 1.165) is 6.42 Å². The molecule has 7 heteroatoms. The fourth-order valence-electron chi connectivity index (χ4n) is 2.46. The molecule has 120 valence electrons. The van der Waals surface area contributed by atoms with Crippen LogP contribution in [0.5, 0.6) is 5.75 Å². The largest absolute Gasteiger partial charge is 0.492 e. The van der Waals surface area contributed by atoms with Crippen LogP contribution in [0.4, 0.5) is 0 Å². The smallest absolute Gasteiger partial charge is 0.326 e. The Morgan fingerprint density at radius 3 is 2.82 bits per heavy atom. The highest BCUT2D eigenvalue weighted by atomic mass is 35.5. The van der Waals surface area contributed by atoms with Gasteiger partial charge in [-0.05, 0) is 37.5 Å². The minimum Gasteiger partial charge on any atom is -0.492 e. The lowest BCUT2D eigenvalue weighted by atomic mass is 10.2. The van der Waals surface area contributed by atoms with E-state index in [1.54, 1.807) is 18.2 Å². The summed E-state index contributed by atoms with van der Waals surface area (Å²) < 4.78 is 5.50. The molecule has 1 aromatic carbocycles. The van der Waals surface area contributed by atoms with Gasteiger partial charge in [0.05, 0.1) is 11.6 Å². The summed E-state index contributed by atoms with van der Waals surface area (Å²) in [5.74, 6) is -0.561. The number of carbonyl (C=O) groups is 2. The van der Waals surface area contributed by atoms with Crippen molar-refractivity contribution in [1.29, 1.82) is 0 Å². The Balaban J connectivity index is 1.76. The highest BCUT2D eigenvalue weighted by Gasteiger charge is 2.33. The summed E-state index contributed by atoms with van der Waals surface area (Å²) in [6, 6.07) is 4.26. The molecule has 1 fully saturated rings. The highest BCUT2D eigenvalue weighted by molar-refractivity contribution is 6.35. The van der Waals surface area contributed by atoms with Crippen molar-refractivity contribution in [2.45, 2.75) is 31.7 Å². The number of aliphatic carboxylic acids is 1. The zero-order chi connectivity index (χ0) is 16.1. The van der Waals surface area contributed by atoms with Gasteiger partial charge in [0.1, 0.15) is 11.8 Å². The van der Waals surface area contributed by atoms with Crippen molar-refractivity contribution in [3.63, 3.8) is 0 Å². The molecule has 1 amide bonds. The third-order valence-corrected chi connectivity index (χ3v) is 4.08. The monoisotopic (exact) mass is 345 g/mol. The number of ether oxygens (including phenoxy) is 1. The maximum absolute atomic E-state index is 12.0. The molecule has 2 rings (SSSR count). The number of hydrogen-bond donors (Lipinski definition) is 1. The van der Waals surface area contributed by atoms with E-state index in [1.165, 1.54) is 4.90 Å². The van der Waals surface area contributed by atoms with Crippen molar-refractivity contribution in [2.75, 3.05) is 13.2 Å². The lowest BCUT2D eigenvalue weighted by Crippen LogP contribution is -2.40. The van der Waals surface area contributed by atoms with Crippen molar-refractivity contribution >= 4 is 35.1 Å². The van der Waals surface area contributed by atoms with Crippen molar-refractivity contribution in [3.05, 3.63) is 28.2 Å². The third-order valence-electron chi connectivity index (χ3n) is 3.54. The Morgan fingerprint density at radius 1 is 1.36 bits per heavy atom. The van der Waals surface area contributed by atoms with Gasteiger partial charge in [0.15, 0.2) is 0 Å². The molecule has 5 nitrogen and oxygen atoms in total. The normalized spacial score (nSPS) is 17.5. The molecule has 0 bridgehead atoms. The maximum Gasteiger partial charge on any atom is 0.326 e. The molecule has 1 aromatic rings. The number of halogens is 2. The highest BCUT2D eigenvalue weighted by Crippen LogP contribution is 2.27. The molecule has 1 N–H and O–H groups in total. The van der Waals surface area contributed by atoms with Gasteiger partial charge in [0, 0.05) is 18.0 Å². The Kier molecular flexibility index (Phi) is 5.91. The van der Waals surface area contributed by atoms with Crippen LogP contribution in [-0.4, -0.2) is 41.1 Å². The molecule has 0 saturated carbocycles. The summed E-state index contributed by atoms with van der Waals surface area (Å²) >= 11 is 11.8. The van der Waals surface area contributed by atoms with Crippen LogP contribution in [0, 0.1) is 0 Å². The number of carboxylic acids is 1. The van der Waals surface area contributed by atoms with Crippen LogP contribution < -0.4 is 4.74 Å². The molecular weight excluding hydrogens is 329 g/mol. The van der Waals surface area contributed by atoms with E-state index in [9.17, 15) is 9.59 Å². The van der Waals surface area contributed by atoms with Gasteiger partial charge in [0.25, 0.3) is 0 Å². The molecule has 1 heterocycles. The molecule has 0 radical (unpaired) electrons. The van der Waals surface area contributed by atoms with E-state index < -0.39 is 12.0 Å². The summed E-state index contributed by atoms with van der Waals surface area (Å²) in [4.78, 5) is 24.5. The van der Waals surface area contributed by atoms with Crippen LogP contribution in [0.2, 0.25) is 10.0 Å². The first-order valence-electron chi connectivity index (χ1n) is 7.09. The first kappa shape index (κ1) is 16.9. The minimum atomic E-state index is -0.935. The number of likely N-dealkylation sites (tertiary alicyclic amines) is 1. The van der Waals surface area contributed by atoms with Gasteiger partial charge in [-0.25, -0.2) is 4.79 Å². The summed E-state index contributed by atoms with van der Waals surface area (Å²) in [6.45, 7) is 0.846. The van der Waals surface area contributed by atoms with Gasteiger partial charge in [-0.1, -0.05) is 23.2 Å². The molecule has 0 spiro atoms. The maximum atomic E-state index is 12.0. The number of carbonyl (C=O) groups excluding carboxylic acids is 1. The molecule has 22 heavy (non-hydrogen) atoms. The number of rotatable bonds is 6. The zero-order valence-electron chi connectivity index (χ0n) is 11.9. The van der Waals surface area contributed by atoms with Crippen LogP contribution in [0.15, 0.2) is 18.2 Å². The molecule has 1 unspecified atom stereocenters. The lowest BCUT2D eigenvalue weighted by Gasteiger charge is -2.21. The van der Waals surface area contributed by atoms with Crippen molar-refractivity contribution in [2.24, 2.45) is 0 Å². The van der Waals surface area contributed by atoms with E-state index in [-0.39, 0.29) is 12.3 Å². The van der Waals surface area contributed by atoms with E-state index >= 15 is 0 Å². The summed E-state index contributed by atoms with van der Waals surface area (Å²) in [5.41, 5.74) is 0. The van der Waals surface area contributed by atoms with E-state index in [0.29, 0.717) is 41.8 Å². The van der Waals surface area contributed by atoms with E-state index in [1.807, 2.05) is 0 Å². The average molecular weight is 346 g/mol. The summed E-state index contributed by atoms with van der Waals surface area (Å²) in [6.07, 6.45) is 2.02. The van der Waals surface area contributed by atoms with Gasteiger partial charge in [-0.2, -0.15) is 0 Å². The molecule has 1 aliphatic rings. The standard InChI is InChI=1S/C15H17Cl2NO4/c16-10-5-6-13(11(17)9-10)22-8-2-4-14(19)18-7-1-3-12(18)15(20)21/h5-6,9,12H,1-4,7-8H2,(H,20,21). The number of hydrogen-bond acceptors (Lipinski definition) is 3. The van der Waals surface area contributed by atoms with Gasteiger partial charge in [-0.3, -0.25) is 4.79 Å². The number of nitrogens with zero attached hydrogens (tertiary/aromatic N) is 1. The molecule has 1 aliphatic heterocycles. The predicted molar refractivity (Wildman–Crippen MR) is 83.6 cm³/mol. The number of amides is 1. The van der Waals surface area contributed by atoms with Crippen LogP contribution >= 0.6 is 23.2 Å². The van der Waals surface area contributed by atoms with Gasteiger partial charge in [-0.15, -0.1) is 0 Å². The second kappa shape index (κ2) is 7.70. The first-order valence-corrected chi connectivity index (χ1v) is 7.85. The lowest BCUT2D eigenvalue weighted by molar-refractivity contribution is -0.148. The summed E-state index contributed by atoms with van der Waals surface area (Å²) in [5, 5.41) is 10.0. The molecular formula is C15H17Cl2NO4. The second-order valence-electron chi connectivity index (χ2n) is 5.11. The Bertz CT molecular complexity index is 564. The Hall–Kier alpha value is -1.46. The zero-order valence-corrected chi connectivity index (χ0v) is 13.4. The summed E-state index contributed by atoms with van der Waals surface area (Å²) in [7, 11) is 0. The second-order valence-corrected chi connectivity index (χ2v) is 5.95. The topological polar surface area (TPSA) is 66.8 Å². The van der Waals surface area contributed by atoms with E-state index in [4.69, 9.17) is 33.0 Å². The minimum absolute atomic E-state index is 0.143. The average Bonchev–Trinajstić information content (AvgIpc) is 2.95. The van der Waals surface area contributed by atoms with Crippen molar-refractivity contribution in [1.82, 2.24) is 4.90 Å². The third kappa shape index (κ3) is 4.27. The molecule has 0 aliphatic carbocycles. The van der Waals surface area contributed by atoms with Crippen LogP contribution in [0.1, 0.15) is 25.7 Å². The predicted octanol–water partition coefficient (Wildman–Crippen LogP) is 3.23. The van der Waals surface area contributed by atoms with E-state index in [2.05, 4.69) is 0 Å². The van der Waals surface area contributed by atoms with Crippen LogP contribution in [0.3, 0.4) is 0 Å². The first-order chi connectivity index (χ1) is 10.5. The van der Waals surface area contributed by atoms with Gasteiger partial charge >= 0.3 is 5.97 Å². The number of carboxylic acid groups (broad SMARTS) is 1. The number of benzene rings is 1. The van der Waals surface area contributed by atoms with Crippen molar-refractivity contribution in [3.8, 4) is 5.75 Å². The molecule has 1 atom stereocenters. The SMILES string of the molecule is O=C(O)C1CCCN1C(=O)CCCOc1ccc(Cl)cc1Cl. The fourth-order valence-corrected chi connectivity index (χ4v) is 2.93. The Labute approximate surface area is 138 Å². The van der Waals surface area contributed by atoms with Gasteiger partial charge in [0.2, 0.25) is 5.91 Å².